The number of alkyl halides is 3. The highest BCUT2D eigenvalue weighted by atomic mass is 35.5. The first kappa shape index (κ1) is 19.6. The van der Waals surface area contributed by atoms with E-state index in [2.05, 4.69) is 5.32 Å². The summed E-state index contributed by atoms with van der Waals surface area (Å²) in [6, 6.07) is 10.2. The molecule has 0 aliphatic carbocycles. The Labute approximate surface area is 148 Å². The topological polar surface area (TPSA) is 72.2 Å². The van der Waals surface area contributed by atoms with Crippen molar-refractivity contribution >= 4 is 27.3 Å². The molecule has 0 aliphatic heterocycles. The van der Waals surface area contributed by atoms with Gasteiger partial charge in [0.15, 0.2) is 0 Å². The molecule has 0 radical (unpaired) electrons. The van der Waals surface area contributed by atoms with Gasteiger partial charge in [-0.25, -0.2) is 13.6 Å². The largest absolute Gasteiger partial charge is 0.417 e. The van der Waals surface area contributed by atoms with Gasteiger partial charge in [0.2, 0.25) is 10.0 Å². The number of nitrogens with one attached hydrogen (secondary N) is 1. The van der Waals surface area contributed by atoms with Crippen LogP contribution in [0.4, 0.5) is 18.9 Å². The van der Waals surface area contributed by atoms with E-state index in [4.69, 9.17) is 16.7 Å². The number of rotatable bonds is 6. The van der Waals surface area contributed by atoms with Crippen LogP contribution in [0.15, 0.2) is 47.4 Å². The average Bonchev–Trinajstić information content (AvgIpc) is 2.51. The Hall–Kier alpha value is -1.77. The van der Waals surface area contributed by atoms with Gasteiger partial charge in [-0.15, -0.1) is 0 Å². The molecule has 0 aromatic heterocycles. The lowest BCUT2D eigenvalue weighted by atomic mass is 10.1. The van der Waals surface area contributed by atoms with Crippen LogP contribution in [0.2, 0.25) is 5.02 Å². The van der Waals surface area contributed by atoms with Crippen LogP contribution in [0.3, 0.4) is 0 Å². The standard InChI is InChI=1S/C16H16ClF3N2O2S/c17-12-5-3-11(4-6-12)2-1-9-22-13-7-8-15(25(21,23)24)14(10-13)16(18,19)20/h3-8,10,22H,1-2,9H2,(H2,21,23,24). The quantitative estimate of drug-likeness (QED) is 0.728. The number of aryl methyl sites for hydroxylation is 1. The molecular weight excluding hydrogens is 377 g/mol. The molecule has 2 rings (SSSR count). The molecule has 0 saturated carbocycles. The third kappa shape index (κ3) is 5.62. The zero-order valence-electron chi connectivity index (χ0n) is 13.0. The van der Waals surface area contributed by atoms with Crippen molar-refractivity contribution in [3.63, 3.8) is 0 Å². The lowest BCUT2D eigenvalue weighted by Gasteiger charge is -2.14. The van der Waals surface area contributed by atoms with Gasteiger partial charge in [0.1, 0.15) is 0 Å². The SMILES string of the molecule is NS(=O)(=O)c1ccc(NCCCc2ccc(Cl)cc2)cc1C(F)(F)F. The lowest BCUT2D eigenvalue weighted by molar-refractivity contribution is -0.139. The second kappa shape index (κ2) is 7.63. The van der Waals surface area contributed by atoms with Crippen LogP contribution < -0.4 is 10.5 Å². The average molecular weight is 393 g/mol. The molecule has 2 aromatic carbocycles. The Balaban J connectivity index is 2.04. The summed E-state index contributed by atoms with van der Waals surface area (Å²) in [5, 5.41) is 8.33. The molecule has 0 bridgehead atoms. The molecule has 136 valence electrons. The normalized spacial score (nSPS) is 12.2. The second-order valence-electron chi connectivity index (χ2n) is 5.41. The van der Waals surface area contributed by atoms with Crippen LogP contribution in [0.25, 0.3) is 0 Å². The number of hydrogen-bond donors (Lipinski definition) is 2. The minimum atomic E-state index is -4.82. The molecule has 0 spiro atoms. The second-order valence-corrected chi connectivity index (χ2v) is 7.38. The Morgan fingerprint density at radius 2 is 1.72 bits per heavy atom. The van der Waals surface area contributed by atoms with Crippen LogP contribution in [-0.4, -0.2) is 15.0 Å². The molecule has 0 atom stereocenters. The highest BCUT2D eigenvalue weighted by Crippen LogP contribution is 2.35. The van der Waals surface area contributed by atoms with Crippen molar-refractivity contribution in [2.45, 2.75) is 23.9 Å². The van der Waals surface area contributed by atoms with E-state index >= 15 is 0 Å². The zero-order valence-corrected chi connectivity index (χ0v) is 14.5. The maximum absolute atomic E-state index is 13.0. The minimum absolute atomic E-state index is 0.177. The van der Waals surface area contributed by atoms with E-state index in [0.717, 1.165) is 24.1 Å². The number of halogens is 4. The summed E-state index contributed by atoms with van der Waals surface area (Å²) in [6.45, 7) is 0.425. The van der Waals surface area contributed by atoms with E-state index in [1.54, 1.807) is 12.1 Å². The molecule has 0 heterocycles. The highest BCUT2D eigenvalue weighted by Gasteiger charge is 2.36. The summed E-state index contributed by atoms with van der Waals surface area (Å²) < 4.78 is 61.7. The summed E-state index contributed by atoms with van der Waals surface area (Å²) >= 11 is 5.79. The maximum atomic E-state index is 13.0. The van der Waals surface area contributed by atoms with Crippen molar-refractivity contribution in [2.75, 3.05) is 11.9 Å². The Morgan fingerprint density at radius 3 is 2.28 bits per heavy atom. The van der Waals surface area contributed by atoms with Crippen LogP contribution in [0, 0.1) is 0 Å². The van der Waals surface area contributed by atoms with Crippen LogP contribution >= 0.6 is 11.6 Å². The number of anilines is 1. The Morgan fingerprint density at radius 1 is 1.08 bits per heavy atom. The Kier molecular flexibility index (Phi) is 5.97. The Bertz CT molecular complexity index is 837. The monoisotopic (exact) mass is 392 g/mol. The third-order valence-corrected chi connectivity index (χ3v) is 4.70. The van der Waals surface area contributed by atoms with Gasteiger partial charge < -0.3 is 5.32 Å². The predicted octanol–water partition coefficient (Wildman–Crippen LogP) is 4.05. The number of primary sulfonamides is 1. The van der Waals surface area contributed by atoms with Crippen molar-refractivity contribution in [1.29, 1.82) is 0 Å². The van der Waals surface area contributed by atoms with E-state index in [9.17, 15) is 21.6 Å². The number of sulfonamides is 1. The van der Waals surface area contributed by atoms with E-state index in [1.165, 1.54) is 6.07 Å². The first-order chi connectivity index (χ1) is 11.6. The molecular formula is C16H16ClF3N2O2S. The summed E-state index contributed by atoms with van der Waals surface area (Å²) in [5.74, 6) is 0. The fourth-order valence-corrected chi connectivity index (χ4v) is 3.15. The van der Waals surface area contributed by atoms with Gasteiger partial charge in [-0.3, -0.25) is 0 Å². The molecule has 3 N–H and O–H groups in total. The summed E-state index contributed by atoms with van der Waals surface area (Å²) in [6.07, 6.45) is -3.41. The van der Waals surface area contributed by atoms with E-state index in [1.807, 2.05) is 12.1 Å². The van der Waals surface area contributed by atoms with Crippen molar-refractivity contribution in [1.82, 2.24) is 0 Å². The molecule has 0 amide bonds. The molecule has 9 heteroatoms. The fourth-order valence-electron chi connectivity index (χ4n) is 2.29. The first-order valence-corrected chi connectivity index (χ1v) is 9.22. The lowest BCUT2D eigenvalue weighted by Crippen LogP contribution is -2.19. The van der Waals surface area contributed by atoms with Crippen molar-refractivity contribution in [3.05, 3.63) is 58.6 Å². The minimum Gasteiger partial charge on any atom is -0.385 e. The molecule has 0 fully saturated rings. The number of hydrogen-bond acceptors (Lipinski definition) is 3. The summed E-state index contributed by atoms with van der Waals surface area (Å²) in [5.41, 5.74) is -0.0414. The predicted molar refractivity (Wildman–Crippen MR) is 91.1 cm³/mol. The molecule has 2 aromatic rings. The van der Waals surface area contributed by atoms with Gasteiger partial charge in [0.25, 0.3) is 0 Å². The molecule has 0 saturated heterocycles. The van der Waals surface area contributed by atoms with Crippen molar-refractivity contribution in [3.8, 4) is 0 Å². The fraction of sp³-hybridized carbons (Fsp3) is 0.250. The molecule has 0 aliphatic rings. The van der Waals surface area contributed by atoms with Crippen molar-refractivity contribution < 1.29 is 21.6 Å². The summed E-state index contributed by atoms with van der Waals surface area (Å²) in [7, 11) is -4.46. The van der Waals surface area contributed by atoms with Gasteiger partial charge in [0, 0.05) is 17.3 Å². The van der Waals surface area contributed by atoms with E-state index in [0.29, 0.717) is 18.0 Å². The summed E-state index contributed by atoms with van der Waals surface area (Å²) in [4.78, 5) is -0.938. The van der Waals surface area contributed by atoms with Crippen molar-refractivity contribution in [2.24, 2.45) is 5.14 Å². The highest BCUT2D eigenvalue weighted by molar-refractivity contribution is 7.89. The van der Waals surface area contributed by atoms with Gasteiger partial charge in [0.05, 0.1) is 10.5 Å². The molecule has 4 nitrogen and oxygen atoms in total. The maximum Gasteiger partial charge on any atom is 0.417 e. The van der Waals surface area contributed by atoms with Crippen LogP contribution in [0.5, 0.6) is 0 Å². The molecule has 25 heavy (non-hydrogen) atoms. The smallest absolute Gasteiger partial charge is 0.385 e. The number of nitrogens with two attached hydrogens (primary N) is 1. The zero-order chi connectivity index (χ0) is 18.7. The van der Waals surface area contributed by atoms with Gasteiger partial charge in [-0.05, 0) is 48.7 Å². The van der Waals surface area contributed by atoms with E-state index in [-0.39, 0.29) is 5.69 Å². The first-order valence-electron chi connectivity index (χ1n) is 7.30. The van der Waals surface area contributed by atoms with E-state index < -0.39 is 26.7 Å². The van der Waals surface area contributed by atoms with Crippen LogP contribution in [-0.2, 0) is 22.6 Å². The van der Waals surface area contributed by atoms with Gasteiger partial charge >= 0.3 is 6.18 Å². The number of benzene rings is 2. The third-order valence-electron chi connectivity index (χ3n) is 3.48. The van der Waals surface area contributed by atoms with Gasteiger partial charge in [-0.2, -0.15) is 13.2 Å². The molecule has 0 unspecified atom stereocenters. The van der Waals surface area contributed by atoms with Crippen LogP contribution in [0.1, 0.15) is 17.5 Å². The van der Waals surface area contributed by atoms with Gasteiger partial charge in [-0.1, -0.05) is 23.7 Å².